The Morgan fingerprint density at radius 1 is 1.22 bits per heavy atom. The molecular weight excluding hydrogens is 383 g/mol. The number of hydrogen-bond donors (Lipinski definition) is 2. The Kier molecular flexibility index (Phi) is 7.32. The number of aromatic nitrogens is 2. The molecule has 2 fully saturated rings. The molecule has 1 heterocycles. The number of carbonyl (C=O) groups excluding carboxylic acids is 1. The number of imidazole rings is 1. The summed E-state index contributed by atoms with van der Waals surface area (Å²) in [6.07, 6.45) is 9.19. The molecule has 1 amide bonds. The molecule has 0 aliphatic heterocycles. The molecule has 2 atom stereocenters. The second-order valence-electron chi connectivity index (χ2n) is 7.63. The predicted molar refractivity (Wildman–Crippen MR) is 113 cm³/mol. The van der Waals surface area contributed by atoms with Gasteiger partial charge in [-0.2, -0.15) is 0 Å². The number of nitrogens with one attached hydrogen (secondary N) is 1. The van der Waals surface area contributed by atoms with Crippen LogP contribution < -0.4 is 11.1 Å². The molecule has 27 heavy (non-hydrogen) atoms. The van der Waals surface area contributed by atoms with Crippen LogP contribution in [0.3, 0.4) is 0 Å². The molecule has 3 N–H and O–H groups in total. The van der Waals surface area contributed by atoms with Gasteiger partial charge in [0.2, 0.25) is 5.91 Å². The van der Waals surface area contributed by atoms with E-state index in [0.717, 1.165) is 29.9 Å². The van der Waals surface area contributed by atoms with Crippen molar-refractivity contribution in [2.24, 2.45) is 30.5 Å². The molecule has 4 rings (SSSR count). The summed E-state index contributed by atoms with van der Waals surface area (Å²) in [5.41, 5.74) is 8.19. The zero-order chi connectivity index (χ0) is 17.4. The van der Waals surface area contributed by atoms with Gasteiger partial charge < -0.3 is 15.6 Å². The second kappa shape index (κ2) is 9.09. The van der Waals surface area contributed by atoms with E-state index in [1.165, 1.54) is 19.3 Å². The highest BCUT2D eigenvalue weighted by Gasteiger charge is 2.40. The lowest BCUT2D eigenvalue weighted by atomic mass is 9.65. The smallest absolute Gasteiger partial charge is 0.227 e. The third kappa shape index (κ3) is 4.48. The van der Waals surface area contributed by atoms with Crippen LogP contribution in [-0.2, 0) is 11.8 Å². The Bertz CT molecular complexity index is 765. The van der Waals surface area contributed by atoms with Gasteiger partial charge in [0.1, 0.15) is 5.82 Å². The fraction of sp³-hybridized carbons (Fsp3) is 0.500. The number of fused-ring (bicyclic) bond motifs is 2. The Labute approximate surface area is 172 Å². The van der Waals surface area contributed by atoms with Crippen molar-refractivity contribution in [1.82, 2.24) is 9.55 Å². The quantitative estimate of drug-likeness (QED) is 0.801. The van der Waals surface area contributed by atoms with Crippen LogP contribution in [0.2, 0.25) is 0 Å². The van der Waals surface area contributed by atoms with Crippen molar-refractivity contribution >= 4 is 36.4 Å². The van der Waals surface area contributed by atoms with E-state index in [-0.39, 0.29) is 36.6 Å². The minimum atomic E-state index is 0. The maximum absolute atomic E-state index is 12.8. The molecule has 0 spiro atoms. The highest BCUT2D eigenvalue weighted by atomic mass is 35.5. The van der Waals surface area contributed by atoms with Crippen molar-refractivity contribution in [3.05, 3.63) is 36.7 Å². The molecule has 7 heteroatoms. The van der Waals surface area contributed by atoms with Crippen LogP contribution in [-0.4, -0.2) is 21.5 Å². The summed E-state index contributed by atoms with van der Waals surface area (Å²) >= 11 is 0. The SMILES string of the molecule is Cl.Cl.Cn1ccnc1-c1cccc(NC(=O)C2CC3CCCC(C2)C3N)c1. The largest absolute Gasteiger partial charge is 0.334 e. The number of anilines is 1. The summed E-state index contributed by atoms with van der Waals surface area (Å²) < 4.78 is 1.98. The maximum atomic E-state index is 12.8. The van der Waals surface area contributed by atoms with Crippen molar-refractivity contribution in [1.29, 1.82) is 0 Å². The van der Waals surface area contributed by atoms with Gasteiger partial charge in [0.05, 0.1) is 0 Å². The monoisotopic (exact) mass is 410 g/mol. The van der Waals surface area contributed by atoms with Crippen LogP contribution >= 0.6 is 24.8 Å². The molecule has 1 aromatic carbocycles. The summed E-state index contributed by atoms with van der Waals surface area (Å²) in [6, 6.07) is 8.22. The number of hydrogen-bond acceptors (Lipinski definition) is 3. The summed E-state index contributed by atoms with van der Waals surface area (Å²) in [7, 11) is 1.97. The Morgan fingerprint density at radius 3 is 2.56 bits per heavy atom. The van der Waals surface area contributed by atoms with Crippen molar-refractivity contribution in [2.75, 3.05) is 5.32 Å². The molecular formula is C20H28Cl2N4O. The van der Waals surface area contributed by atoms with Crippen LogP contribution in [0.25, 0.3) is 11.4 Å². The molecule has 2 bridgehead atoms. The van der Waals surface area contributed by atoms with Crippen molar-refractivity contribution in [3.8, 4) is 11.4 Å². The molecule has 5 nitrogen and oxygen atoms in total. The van der Waals surface area contributed by atoms with Gasteiger partial charge in [0, 0.05) is 42.7 Å². The van der Waals surface area contributed by atoms with Gasteiger partial charge >= 0.3 is 0 Å². The average Bonchev–Trinajstić information content (AvgIpc) is 3.01. The molecule has 148 valence electrons. The minimum absolute atomic E-state index is 0. The van der Waals surface area contributed by atoms with E-state index in [1.807, 2.05) is 42.1 Å². The van der Waals surface area contributed by atoms with Gasteiger partial charge in [-0.1, -0.05) is 18.6 Å². The van der Waals surface area contributed by atoms with E-state index in [0.29, 0.717) is 17.9 Å². The van der Waals surface area contributed by atoms with Crippen LogP contribution in [0.4, 0.5) is 5.69 Å². The van der Waals surface area contributed by atoms with E-state index in [1.54, 1.807) is 6.20 Å². The number of carbonyl (C=O) groups is 1. The van der Waals surface area contributed by atoms with Crippen LogP contribution in [0.15, 0.2) is 36.7 Å². The van der Waals surface area contributed by atoms with Crippen LogP contribution in [0.1, 0.15) is 32.1 Å². The van der Waals surface area contributed by atoms with Gasteiger partial charge in [0.25, 0.3) is 0 Å². The number of amides is 1. The number of aryl methyl sites for hydroxylation is 1. The molecule has 2 unspecified atom stereocenters. The van der Waals surface area contributed by atoms with E-state index >= 15 is 0 Å². The summed E-state index contributed by atoms with van der Waals surface area (Å²) in [5, 5.41) is 3.12. The van der Waals surface area contributed by atoms with Gasteiger partial charge in [-0.15, -0.1) is 24.8 Å². The normalized spacial score (nSPS) is 26.4. The van der Waals surface area contributed by atoms with Gasteiger partial charge in [-0.25, -0.2) is 4.98 Å². The number of halogens is 2. The first-order chi connectivity index (χ1) is 12.1. The number of benzene rings is 1. The summed E-state index contributed by atoms with van der Waals surface area (Å²) in [5.74, 6) is 2.16. The van der Waals surface area contributed by atoms with Crippen molar-refractivity contribution in [3.63, 3.8) is 0 Å². The number of rotatable bonds is 3. The number of nitrogens with two attached hydrogens (primary N) is 1. The lowest BCUT2D eigenvalue weighted by Gasteiger charge is -2.43. The lowest BCUT2D eigenvalue weighted by molar-refractivity contribution is -0.122. The second-order valence-corrected chi connectivity index (χ2v) is 7.63. The standard InChI is InChI=1S/C20H26N4O.2ClH/c1-24-9-8-22-19(24)15-6-3-7-17(12-15)23-20(25)16-10-13-4-2-5-14(11-16)18(13)21;;/h3,6-9,12-14,16,18H,2,4-5,10-11,21H2,1H3,(H,23,25);2*1H. The third-order valence-electron chi connectivity index (χ3n) is 5.99. The van der Waals surface area contributed by atoms with Crippen LogP contribution in [0, 0.1) is 17.8 Å². The third-order valence-corrected chi connectivity index (χ3v) is 5.99. The topological polar surface area (TPSA) is 72.9 Å². The Morgan fingerprint density at radius 2 is 1.93 bits per heavy atom. The molecule has 2 aliphatic rings. The zero-order valence-corrected chi connectivity index (χ0v) is 17.1. The average molecular weight is 411 g/mol. The molecule has 0 saturated heterocycles. The van der Waals surface area contributed by atoms with Gasteiger partial charge in [-0.05, 0) is 49.7 Å². The van der Waals surface area contributed by atoms with E-state index < -0.39 is 0 Å². The molecule has 2 aromatic rings. The first-order valence-corrected chi connectivity index (χ1v) is 9.26. The lowest BCUT2D eigenvalue weighted by Crippen LogP contribution is -2.48. The first-order valence-electron chi connectivity index (χ1n) is 9.26. The Balaban J connectivity index is 0.00000131. The van der Waals surface area contributed by atoms with E-state index in [2.05, 4.69) is 10.3 Å². The number of nitrogens with zero attached hydrogens (tertiary/aromatic N) is 2. The van der Waals surface area contributed by atoms with E-state index in [4.69, 9.17) is 5.73 Å². The first kappa shape index (κ1) is 21.7. The summed E-state index contributed by atoms with van der Waals surface area (Å²) in [6.45, 7) is 0. The zero-order valence-electron chi connectivity index (χ0n) is 15.5. The van der Waals surface area contributed by atoms with Crippen LogP contribution in [0.5, 0.6) is 0 Å². The predicted octanol–water partition coefficient (Wildman–Crippen LogP) is 4.02. The Hall–Kier alpha value is -1.56. The van der Waals surface area contributed by atoms with Gasteiger partial charge in [0.15, 0.2) is 0 Å². The molecule has 0 radical (unpaired) electrons. The molecule has 2 aliphatic carbocycles. The van der Waals surface area contributed by atoms with E-state index in [9.17, 15) is 4.79 Å². The maximum Gasteiger partial charge on any atom is 0.227 e. The minimum Gasteiger partial charge on any atom is -0.334 e. The van der Waals surface area contributed by atoms with Crippen molar-refractivity contribution < 1.29 is 4.79 Å². The molecule has 1 aromatic heterocycles. The van der Waals surface area contributed by atoms with Crippen molar-refractivity contribution in [2.45, 2.75) is 38.1 Å². The highest BCUT2D eigenvalue weighted by Crippen LogP contribution is 2.42. The summed E-state index contributed by atoms with van der Waals surface area (Å²) in [4.78, 5) is 17.2. The fourth-order valence-corrected chi connectivity index (χ4v) is 4.63. The molecule has 2 saturated carbocycles. The highest BCUT2D eigenvalue weighted by molar-refractivity contribution is 5.93. The van der Waals surface area contributed by atoms with Gasteiger partial charge in [-0.3, -0.25) is 4.79 Å². The fourth-order valence-electron chi connectivity index (χ4n) is 4.63.